The Bertz CT molecular complexity index is 2110. The SMILES string of the molecule is CCCCCCCCCCCCCCCCC(N)(CCCCCCCCCCCCCCCC)CCNCCCCNCCCNC(=O)CC[C@H](NCCCP(=O)(O)O)C(=O)NCCCn1c(COCC)nc2c(N)nc3ccccc3c21. The molecule has 2 amide bonds. The number of nitrogens with two attached hydrogens (primary N) is 2. The predicted molar refractivity (Wildman–Crippen MR) is 349 cm³/mol. The van der Waals surface area contributed by atoms with Crippen molar-refractivity contribution in [2.75, 3.05) is 64.3 Å². The molecule has 11 N–H and O–H groups in total. The van der Waals surface area contributed by atoms with E-state index in [9.17, 15) is 23.9 Å². The summed E-state index contributed by atoms with van der Waals surface area (Å²) in [6.45, 7) is 12.7. The highest BCUT2D eigenvalue weighted by atomic mass is 31.2. The Hall–Kier alpha value is -3.21. The summed E-state index contributed by atoms with van der Waals surface area (Å²) in [6.07, 6.45) is 45.9. The summed E-state index contributed by atoms with van der Waals surface area (Å²) in [4.78, 5) is 54.6. The second kappa shape index (κ2) is 47.9. The normalized spacial score (nSPS) is 12.5. The van der Waals surface area contributed by atoms with E-state index in [1.807, 2.05) is 31.2 Å². The number of fused-ring (bicyclic) bond motifs is 3. The Morgan fingerprint density at radius 2 is 1.11 bits per heavy atom. The van der Waals surface area contributed by atoms with Crippen LogP contribution in [0.5, 0.6) is 0 Å². The van der Waals surface area contributed by atoms with E-state index in [-0.39, 0.29) is 49.3 Å². The van der Waals surface area contributed by atoms with E-state index in [0.29, 0.717) is 50.6 Å². The fourth-order valence-corrected chi connectivity index (χ4v) is 12.1. The van der Waals surface area contributed by atoms with Crippen LogP contribution in [0.25, 0.3) is 21.9 Å². The van der Waals surface area contributed by atoms with Crippen molar-refractivity contribution in [1.29, 1.82) is 0 Å². The third kappa shape index (κ3) is 35.9. The minimum Gasteiger partial charge on any atom is -0.382 e. The van der Waals surface area contributed by atoms with Gasteiger partial charge in [-0.15, -0.1) is 0 Å². The molecule has 0 bridgehead atoms. The maximum atomic E-state index is 13.5. The lowest BCUT2D eigenvalue weighted by molar-refractivity contribution is -0.124. The molecular weight excluding hydrogens is 1060 g/mol. The Labute approximate surface area is 504 Å². The first-order valence-electron chi connectivity index (χ1n) is 34.0. The fraction of sp³-hybridized carbons (Fsp3) is 0.818. The third-order valence-corrected chi connectivity index (χ3v) is 17.5. The molecule has 2 aromatic heterocycles. The lowest BCUT2D eigenvalue weighted by Crippen LogP contribution is -2.45. The summed E-state index contributed by atoms with van der Waals surface area (Å²) in [5.74, 6) is 0.666. The van der Waals surface area contributed by atoms with Gasteiger partial charge in [0.2, 0.25) is 11.8 Å². The number of imidazole rings is 1. The van der Waals surface area contributed by atoms with E-state index >= 15 is 0 Å². The van der Waals surface area contributed by atoms with Gasteiger partial charge >= 0.3 is 7.60 Å². The van der Waals surface area contributed by atoms with Crippen molar-refractivity contribution in [3.63, 3.8) is 0 Å². The number of unbranched alkanes of at least 4 members (excludes halogenated alkanes) is 27. The highest BCUT2D eigenvalue weighted by Gasteiger charge is 2.24. The molecule has 16 nitrogen and oxygen atoms in total. The van der Waals surface area contributed by atoms with Crippen molar-refractivity contribution in [1.82, 2.24) is 41.1 Å². The molecule has 0 fully saturated rings. The molecule has 0 aliphatic heterocycles. The number of para-hydroxylation sites is 1. The van der Waals surface area contributed by atoms with Gasteiger partial charge in [-0.2, -0.15) is 0 Å². The summed E-state index contributed by atoms with van der Waals surface area (Å²) >= 11 is 0. The number of nitrogen functional groups attached to an aromatic ring is 1. The highest BCUT2D eigenvalue weighted by Crippen LogP contribution is 2.34. The lowest BCUT2D eigenvalue weighted by atomic mass is 9.84. The minimum atomic E-state index is -4.18. The molecule has 478 valence electrons. The Balaban J connectivity index is 1.31. The van der Waals surface area contributed by atoms with Gasteiger partial charge < -0.3 is 57.1 Å². The first-order valence-corrected chi connectivity index (χ1v) is 35.8. The summed E-state index contributed by atoms with van der Waals surface area (Å²) < 4.78 is 19.3. The van der Waals surface area contributed by atoms with Crippen molar-refractivity contribution in [2.45, 2.75) is 289 Å². The van der Waals surface area contributed by atoms with Gasteiger partial charge in [0, 0.05) is 43.6 Å². The van der Waals surface area contributed by atoms with Crippen LogP contribution in [0.15, 0.2) is 24.3 Å². The van der Waals surface area contributed by atoms with Gasteiger partial charge in [0.15, 0.2) is 5.82 Å². The number of carbonyl (C=O) groups excluding carboxylic acids is 2. The molecule has 0 unspecified atom stereocenters. The maximum absolute atomic E-state index is 13.5. The Morgan fingerprint density at radius 1 is 0.602 bits per heavy atom. The van der Waals surface area contributed by atoms with E-state index in [2.05, 4.69) is 50.0 Å². The molecule has 0 radical (unpaired) electrons. The molecule has 0 aliphatic rings. The zero-order valence-corrected chi connectivity index (χ0v) is 53.9. The molecule has 17 heteroatoms. The third-order valence-electron chi connectivity index (χ3n) is 16.6. The number of ether oxygens (including phenoxy) is 1. The summed E-state index contributed by atoms with van der Waals surface area (Å²) in [7, 11) is -4.18. The van der Waals surface area contributed by atoms with Gasteiger partial charge in [-0.1, -0.05) is 212 Å². The summed E-state index contributed by atoms with van der Waals surface area (Å²) in [5, 5.41) is 17.3. The second-order valence-corrected chi connectivity index (χ2v) is 26.0. The lowest BCUT2D eigenvalue weighted by Gasteiger charge is -2.30. The topological polar surface area (TPSA) is 244 Å². The van der Waals surface area contributed by atoms with Crippen molar-refractivity contribution in [2.24, 2.45) is 5.73 Å². The number of nitrogens with one attached hydrogen (secondary N) is 5. The number of benzene rings is 1. The average Bonchev–Trinajstić information content (AvgIpc) is 3.13. The zero-order chi connectivity index (χ0) is 59.9. The number of pyridine rings is 1. The summed E-state index contributed by atoms with van der Waals surface area (Å²) in [6, 6.07) is 7.09. The minimum absolute atomic E-state index is 0.0680. The molecule has 83 heavy (non-hydrogen) atoms. The van der Waals surface area contributed by atoms with Crippen LogP contribution in [0.3, 0.4) is 0 Å². The number of anilines is 1. The fourth-order valence-electron chi connectivity index (χ4n) is 11.5. The van der Waals surface area contributed by atoms with Crippen LogP contribution in [0.2, 0.25) is 0 Å². The van der Waals surface area contributed by atoms with Gasteiger partial charge in [0.1, 0.15) is 17.9 Å². The number of aryl methyl sites for hydroxylation is 1. The van der Waals surface area contributed by atoms with Gasteiger partial charge in [-0.3, -0.25) is 14.2 Å². The van der Waals surface area contributed by atoms with Gasteiger partial charge in [0.25, 0.3) is 0 Å². The van der Waals surface area contributed by atoms with Crippen molar-refractivity contribution in [3.8, 4) is 0 Å². The molecule has 0 spiro atoms. The van der Waals surface area contributed by atoms with Crippen LogP contribution in [-0.2, 0) is 32.0 Å². The number of aromatic nitrogens is 3. The van der Waals surface area contributed by atoms with E-state index in [1.54, 1.807) is 0 Å². The molecule has 1 aromatic carbocycles. The monoisotopic (exact) mass is 1180 g/mol. The van der Waals surface area contributed by atoms with Crippen LogP contribution in [0.1, 0.15) is 271 Å². The number of amides is 2. The molecule has 0 aliphatic carbocycles. The number of hydrogen-bond acceptors (Lipinski definition) is 11. The number of rotatable bonds is 58. The average molecular weight is 1180 g/mol. The zero-order valence-electron chi connectivity index (χ0n) is 53.0. The molecule has 3 rings (SSSR count). The van der Waals surface area contributed by atoms with Crippen LogP contribution < -0.4 is 38.1 Å². The van der Waals surface area contributed by atoms with Gasteiger partial charge in [-0.05, 0) is 104 Å². The van der Waals surface area contributed by atoms with Crippen LogP contribution >= 0.6 is 7.60 Å². The van der Waals surface area contributed by atoms with Gasteiger partial charge in [-0.25, -0.2) is 9.97 Å². The molecular formula is C66H123N10O6P. The molecule has 2 heterocycles. The van der Waals surface area contributed by atoms with Crippen molar-refractivity contribution >= 4 is 47.2 Å². The summed E-state index contributed by atoms with van der Waals surface area (Å²) in [5.41, 5.74) is 15.8. The van der Waals surface area contributed by atoms with E-state index < -0.39 is 13.6 Å². The van der Waals surface area contributed by atoms with E-state index in [1.165, 1.54) is 180 Å². The smallest absolute Gasteiger partial charge is 0.325 e. The quantitative estimate of drug-likeness (QED) is 0.0189. The van der Waals surface area contributed by atoms with Crippen LogP contribution in [0.4, 0.5) is 5.82 Å². The van der Waals surface area contributed by atoms with E-state index in [4.69, 9.17) is 21.2 Å². The van der Waals surface area contributed by atoms with Crippen molar-refractivity contribution < 1.29 is 28.7 Å². The second-order valence-electron chi connectivity index (χ2n) is 24.2. The molecule has 1 atom stereocenters. The largest absolute Gasteiger partial charge is 0.382 e. The molecule has 0 saturated carbocycles. The predicted octanol–water partition coefficient (Wildman–Crippen LogP) is 13.8. The van der Waals surface area contributed by atoms with Gasteiger partial charge in [0.05, 0.1) is 23.2 Å². The van der Waals surface area contributed by atoms with Crippen molar-refractivity contribution in [3.05, 3.63) is 30.1 Å². The van der Waals surface area contributed by atoms with Crippen LogP contribution in [0, 0.1) is 0 Å². The number of carbonyl (C=O) groups is 2. The Kier molecular flexibility index (Phi) is 42.7. The molecule has 0 saturated heterocycles. The first-order chi connectivity index (χ1) is 40.4. The standard InChI is InChI=1S/C66H123N10O6P/c1-4-7-9-11-13-15-17-19-21-23-25-27-29-33-44-66(68,45-34-30-28-26-24-22-20-18-16-14-12-10-8-5-2)46-53-70-48-36-35-47-69-49-37-50-72-61(77)43-42-59(71-52-39-55-83(79,80)81)65(78)73-51-38-54-76-60(56-82-6-3)75-62-63(76)57-40-31-32-41-58(57)74-64(62)67/h31-32,40-41,59,69-71H,4-30,33-39,42-56,68H2,1-3H3,(H2,67,74)(H,72,77)(H,73,78)(H2,79,80,81)/t59-/m0/s1. The Morgan fingerprint density at radius 3 is 1.65 bits per heavy atom. The van der Waals surface area contributed by atoms with E-state index in [0.717, 1.165) is 86.9 Å². The maximum Gasteiger partial charge on any atom is 0.325 e. The first kappa shape index (κ1) is 74.0. The highest BCUT2D eigenvalue weighted by molar-refractivity contribution is 7.51. The number of hydrogen-bond donors (Lipinski definition) is 9. The number of nitrogens with zero attached hydrogens (tertiary/aromatic N) is 3. The van der Waals surface area contributed by atoms with Crippen LogP contribution in [-0.4, -0.2) is 106 Å². The molecule has 3 aromatic rings.